The van der Waals surface area contributed by atoms with Crippen LogP contribution in [-0.4, -0.2) is 32.0 Å². The Hall–Kier alpha value is -1.85. The molecule has 0 aliphatic carbocycles. The molecule has 0 radical (unpaired) electrons. The maximum Gasteiger partial charge on any atom is 0.170 e. The first-order valence-corrected chi connectivity index (χ1v) is 6.72. The van der Waals surface area contributed by atoms with Gasteiger partial charge in [0.1, 0.15) is 12.4 Å². The van der Waals surface area contributed by atoms with E-state index in [1.807, 2.05) is 30.3 Å². The van der Waals surface area contributed by atoms with Crippen molar-refractivity contribution in [2.45, 2.75) is 13.5 Å². The highest BCUT2D eigenvalue weighted by molar-refractivity contribution is 5.65. The first-order chi connectivity index (χ1) is 9.85. The number of methoxy groups -OCH3 is 1. The zero-order chi connectivity index (χ0) is 14.2. The number of ether oxygens (including phenoxy) is 2. The molecular weight excluding hydrogens is 256 g/mol. The summed E-state index contributed by atoms with van der Waals surface area (Å²) in [6.07, 6.45) is 0. The second-order valence-electron chi connectivity index (χ2n) is 4.30. The van der Waals surface area contributed by atoms with E-state index < -0.39 is 0 Å². The lowest BCUT2D eigenvalue weighted by Gasteiger charge is -2.08. The SMILES string of the molecule is CCNCc1cc(-c2ccccc2OCCOC)on1. The molecule has 20 heavy (non-hydrogen) atoms. The van der Waals surface area contributed by atoms with Gasteiger partial charge in [-0.25, -0.2) is 0 Å². The fraction of sp³-hybridized carbons (Fsp3) is 0.400. The molecule has 0 spiro atoms. The smallest absolute Gasteiger partial charge is 0.170 e. The monoisotopic (exact) mass is 276 g/mol. The Labute approximate surface area is 118 Å². The predicted octanol–water partition coefficient (Wildman–Crippen LogP) is 2.48. The molecule has 5 nitrogen and oxygen atoms in total. The Kier molecular flexibility index (Phi) is 5.58. The molecule has 2 rings (SSSR count). The van der Waals surface area contributed by atoms with Crippen LogP contribution in [0.5, 0.6) is 5.75 Å². The summed E-state index contributed by atoms with van der Waals surface area (Å²) in [6.45, 7) is 4.72. The number of nitrogens with zero attached hydrogens (tertiary/aromatic N) is 1. The van der Waals surface area contributed by atoms with E-state index in [0.29, 0.717) is 25.5 Å². The van der Waals surface area contributed by atoms with E-state index in [1.54, 1.807) is 7.11 Å². The number of nitrogens with one attached hydrogen (secondary N) is 1. The second-order valence-corrected chi connectivity index (χ2v) is 4.30. The number of hydrogen-bond acceptors (Lipinski definition) is 5. The molecule has 0 bridgehead atoms. The largest absolute Gasteiger partial charge is 0.490 e. The zero-order valence-electron chi connectivity index (χ0n) is 11.9. The van der Waals surface area contributed by atoms with E-state index in [1.165, 1.54) is 0 Å². The molecule has 1 aromatic carbocycles. The fourth-order valence-corrected chi connectivity index (χ4v) is 1.81. The van der Waals surface area contributed by atoms with E-state index in [2.05, 4.69) is 17.4 Å². The fourth-order valence-electron chi connectivity index (χ4n) is 1.81. The Morgan fingerprint density at radius 2 is 2.10 bits per heavy atom. The molecule has 1 heterocycles. The minimum atomic E-state index is 0.506. The van der Waals surface area contributed by atoms with Crippen molar-refractivity contribution in [2.75, 3.05) is 26.9 Å². The molecular formula is C15H20N2O3. The summed E-state index contributed by atoms with van der Waals surface area (Å²) in [6, 6.07) is 9.69. The highest BCUT2D eigenvalue weighted by atomic mass is 16.5. The van der Waals surface area contributed by atoms with Gasteiger partial charge in [0.25, 0.3) is 0 Å². The van der Waals surface area contributed by atoms with E-state index in [9.17, 15) is 0 Å². The Bertz CT molecular complexity index is 525. The molecule has 2 aromatic rings. The van der Waals surface area contributed by atoms with E-state index in [-0.39, 0.29) is 0 Å². The minimum Gasteiger partial charge on any atom is -0.490 e. The standard InChI is InChI=1S/C15H20N2O3/c1-3-16-11-12-10-15(20-17-12)13-6-4-5-7-14(13)19-9-8-18-2/h4-7,10,16H,3,8-9,11H2,1-2H3. The molecule has 1 N–H and O–H groups in total. The van der Waals surface area contributed by atoms with Gasteiger partial charge in [-0.3, -0.25) is 0 Å². The molecule has 1 aromatic heterocycles. The summed E-state index contributed by atoms with van der Waals surface area (Å²) in [4.78, 5) is 0. The lowest BCUT2D eigenvalue weighted by Crippen LogP contribution is -2.11. The number of hydrogen-bond donors (Lipinski definition) is 1. The highest BCUT2D eigenvalue weighted by Gasteiger charge is 2.11. The lowest BCUT2D eigenvalue weighted by molar-refractivity contribution is 0.146. The molecule has 0 fully saturated rings. The molecule has 108 valence electrons. The zero-order valence-corrected chi connectivity index (χ0v) is 11.9. The predicted molar refractivity (Wildman–Crippen MR) is 76.7 cm³/mol. The number of benzene rings is 1. The van der Waals surface area contributed by atoms with Gasteiger partial charge >= 0.3 is 0 Å². The summed E-state index contributed by atoms with van der Waals surface area (Å²) in [7, 11) is 1.65. The van der Waals surface area contributed by atoms with Crippen LogP contribution < -0.4 is 10.1 Å². The summed E-state index contributed by atoms with van der Waals surface area (Å²) < 4.78 is 16.1. The van der Waals surface area contributed by atoms with Gasteiger partial charge in [0.2, 0.25) is 0 Å². The Balaban J connectivity index is 2.12. The average Bonchev–Trinajstić information content (AvgIpc) is 2.94. The third-order valence-electron chi connectivity index (χ3n) is 2.81. The van der Waals surface area contributed by atoms with Crippen LogP contribution in [0.3, 0.4) is 0 Å². The lowest BCUT2D eigenvalue weighted by atomic mass is 10.1. The number of para-hydroxylation sites is 1. The van der Waals surface area contributed by atoms with Gasteiger partial charge in [-0.05, 0) is 18.7 Å². The van der Waals surface area contributed by atoms with E-state index >= 15 is 0 Å². The summed E-state index contributed by atoms with van der Waals surface area (Å²) in [5.41, 5.74) is 1.78. The topological polar surface area (TPSA) is 56.5 Å². The minimum absolute atomic E-state index is 0.506. The second kappa shape index (κ2) is 7.67. The van der Waals surface area contributed by atoms with Crippen LogP contribution in [0.2, 0.25) is 0 Å². The third-order valence-corrected chi connectivity index (χ3v) is 2.81. The van der Waals surface area contributed by atoms with Crippen molar-refractivity contribution in [1.29, 1.82) is 0 Å². The van der Waals surface area contributed by atoms with Gasteiger partial charge in [0.15, 0.2) is 5.76 Å². The van der Waals surface area contributed by atoms with Crippen molar-refractivity contribution >= 4 is 0 Å². The molecule has 0 atom stereocenters. The first-order valence-electron chi connectivity index (χ1n) is 6.72. The van der Waals surface area contributed by atoms with Crippen LogP contribution in [0.25, 0.3) is 11.3 Å². The maximum atomic E-state index is 5.69. The van der Waals surface area contributed by atoms with E-state index in [4.69, 9.17) is 14.0 Å². The van der Waals surface area contributed by atoms with Crippen LogP contribution in [0.15, 0.2) is 34.9 Å². The summed E-state index contributed by atoms with van der Waals surface area (Å²) in [5, 5.41) is 7.27. The highest BCUT2D eigenvalue weighted by Crippen LogP contribution is 2.30. The van der Waals surface area contributed by atoms with E-state index in [0.717, 1.165) is 23.6 Å². The summed E-state index contributed by atoms with van der Waals surface area (Å²) in [5.74, 6) is 1.49. The molecule has 0 saturated heterocycles. The van der Waals surface area contributed by atoms with Crippen LogP contribution in [0, 0.1) is 0 Å². The Morgan fingerprint density at radius 3 is 2.90 bits per heavy atom. The van der Waals surface area contributed by atoms with Gasteiger partial charge in [0, 0.05) is 19.7 Å². The molecule has 0 unspecified atom stereocenters. The van der Waals surface area contributed by atoms with Crippen LogP contribution in [-0.2, 0) is 11.3 Å². The van der Waals surface area contributed by atoms with Crippen LogP contribution >= 0.6 is 0 Å². The summed E-state index contributed by atoms with van der Waals surface area (Å²) >= 11 is 0. The van der Waals surface area contributed by atoms with Gasteiger partial charge in [0.05, 0.1) is 17.9 Å². The van der Waals surface area contributed by atoms with Gasteiger partial charge < -0.3 is 19.3 Å². The number of aromatic nitrogens is 1. The van der Waals surface area contributed by atoms with Crippen LogP contribution in [0.4, 0.5) is 0 Å². The molecule has 0 amide bonds. The van der Waals surface area contributed by atoms with Gasteiger partial charge in [-0.15, -0.1) is 0 Å². The average molecular weight is 276 g/mol. The van der Waals surface area contributed by atoms with Gasteiger partial charge in [-0.1, -0.05) is 24.2 Å². The molecule has 0 aliphatic rings. The first kappa shape index (κ1) is 14.6. The molecule has 5 heteroatoms. The van der Waals surface area contributed by atoms with Crippen molar-refractivity contribution in [1.82, 2.24) is 10.5 Å². The quantitative estimate of drug-likeness (QED) is 0.751. The van der Waals surface area contributed by atoms with Gasteiger partial charge in [-0.2, -0.15) is 0 Å². The van der Waals surface area contributed by atoms with Crippen molar-refractivity contribution in [3.8, 4) is 17.1 Å². The molecule has 0 saturated carbocycles. The van der Waals surface area contributed by atoms with Crippen molar-refractivity contribution in [2.24, 2.45) is 0 Å². The van der Waals surface area contributed by atoms with Crippen molar-refractivity contribution in [3.63, 3.8) is 0 Å². The third kappa shape index (κ3) is 3.82. The van der Waals surface area contributed by atoms with Crippen molar-refractivity contribution in [3.05, 3.63) is 36.0 Å². The Morgan fingerprint density at radius 1 is 1.25 bits per heavy atom. The van der Waals surface area contributed by atoms with Crippen LogP contribution in [0.1, 0.15) is 12.6 Å². The maximum absolute atomic E-state index is 5.69. The molecule has 0 aliphatic heterocycles. The number of rotatable bonds is 8. The van der Waals surface area contributed by atoms with Crippen molar-refractivity contribution < 1.29 is 14.0 Å². The normalized spacial score (nSPS) is 10.7.